The molecule has 2 N–H and O–H groups in total. The molecule has 3 aromatic rings. The summed E-state index contributed by atoms with van der Waals surface area (Å²) in [4.78, 5) is 14.9. The Morgan fingerprint density at radius 3 is 2.62 bits per heavy atom. The lowest BCUT2D eigenvalue weighted by Crippen LogP contribution is -2.01. The van der Waals surface area contributed by atoms with Gasteiger partial charge in [0, 0.05) is 35.4 Å². The Labute approximate surface area is 135 Å². The van der Waals surface area contributed by atoms with E-state index in [0.29, 0.717) is 35.3 Å². The first-order valence-electron chi connectivity index (χ1n) is 7.52. The van der Waals surface area contributed by atoms with E-state index >= 15 is 0 Å². The van der Waals surface area contributed by atoms with Gasteiger partial charge >= 0.3 is 5.63 Å². The fraction of sp³-hybridized carbons (Fsp3) is 0.312. The third-order valence-corrected chi connectivity index (χ3v) is 3.78. The van der Waals surface area contributed by atoms with E-state index in [0.717, 1.165) is 19.3 Å². The zero-order chi connectivity index (χ0) is 17.1. The zero-order valence-electron chi connectivity index (χ0n) is 12.7. The molecule has 1 aromatic carbocycles. The predicted molar refractivity (Wildman–Crippen MR) is 87.2 cm³/mol. The first-order chi connectivity index (χ1) is 11.6. The Morgan fingerprint density at radius 2 is 1.83 bits per heavy atom. The van der Waals surface area contributed by atoms with Gasteiger partial charge in [0.25, 0.3) is 0 Å². The summed E-state index contributed by atoms with van der Waals surface area (Å²) in [5, 5.41) is 23.2. The number of phenolic OH excluding ortho intramolecular Hbond substituents is 2. The van der Waals surface area contributed by atoms with Gasteiger partial charge in [-0.25, -0.2) is 4.79 Å². The van der Waals surface area contributed by atoms with E-state index in [-0.39, 0.29) is 16.9 Å². The number of aryl methyl sites for hydroxylation is 1. The number of furan rings is 1. The molecule has 2 aromatic heterocycles. The standard InChI is InChI=1S/C16H15N3O5/c17-19-18-5-3-1-2-4-9-6-14-15(16(22)23-9)10-7-11(20)12(21)8-13(10)24-14/h6-8,20-21H,1-5H2. The normalized spacial score (nSPS) is 11.0. The third-order valence-electron chi connectivity index (χ3n) is 3.78. The molecule has 0 fully saturated rings. The van der Waals surface area contributed by atoms with E-state index < -0.39 is 5.63 Å². The molecule has 0 radical (unpaired) electrons. The first kappa shape index (κ1) is 15.8. The summed E-state index contributed by atoms with van der Waals surface area (Å²) >= 11 is 0. The third kappa shape index (κ3) is 3.00. The summed E-state index contributed by atoms with van der Waals surface area (Å²) in [6.07, 6.45) is 2.98. The van der Waals surface area contributed by atoms with Crippen LogP contribution in [0.5, 0.6) is 11.5 Å². The molecule has 0 bridgehead atoms. The molecule has 0 aliphatic heterocycles. The van der Waals surface area contributed by atoms with Crippen molar-refractivity contribution in [3.05, 3.63) is 44.8 Å². The van der Waals surface area contributed by atoms with Crippen molar-refractivity contribution in [1.29, 1.82) is 0 Å². The summed E-state index contributed by atoms with van der Waals surface area (Å²) in [6.45, 7) is 0.454. The molecule has 124 valence electrons. The van der Waals surface area contributed by atoms with Crippen LogP contribution in [-0.2, 0) is 6.42 Å². The molecule has 0 amide bonds. The van der Waals surface area contributed by atoms with Crippen molar-refractivity contribution < 1.29 is 19.0 Å². The summed E-state index contributed by atoms with van der Waals surface area (Å²) in [5.41, 5.74) is 8.31. The van der Waals surface area contributed by atoms with Gasteiger partial charge in [0.05, 0.1) is 0 Å². The number of phenols is 2. The smallest absolute Gasteiger partial charge is 0.347 e. The van der Waals surface area contributed by atoms with Crippen molar-refractivity contribution in [3.8, 4) is 11.5 Å². The number of aromatic hydroxyl groups is 2. The number of fused-ring (bicyclic) bond motifs is 3. The van der Waals surface area contributed by atoms with Gasteiger partial charge in [-0.2, -0.15) is 0 Å². The molecule has 3 rings (SSSR count). The lowest BCUT2D eigenvalue weighted by atomic mass is 10.1. The van der Waals surface area contributed by atoms with Gasteiger partial charge in [-0.15, -0.1) is 0 Å². The Hall–Kier alpha value is -3.12. The van der Waals surface area contributed by atoms with Crippen molar-refractivity contribution in [1.82, 2.24) is 0 Å². The number of hydrogen-bond donors (Lipinski definition) is 2. The molecule has 0 atom stereocenters. The molecule has 0 unspecified atom stereocenters. The second kappa shape index (κ2) is 6.55. The Kier molecular flexibility index (Phi) is 4.31. The molecular weight excluding hydrogens is 314 g/mol. The van der Waals surface area contributed by atoms with Crippen LogP contribution in [0.25, 0.3) is 32.4 Å². The second-order valence-electron chi connectivity index (χ2n) is 5.44. The highest BCUT2D eigenvalue weighted by atomic mass is 16.4. The SMILES string of the molecule is [N-]=[N+]=NCCCCCc1cc2oc3cc(O)c(O)cc3c2c(=O)o1. The highest BCUT2D eigenvalue weighted by Crippen LogP contribution is 2.35. The molecule has 8 nitrogen and oxygen atoms in total. The lowest BCUT2D eigenvalue weighted by Gasteiger charge is -1.99. The van der Waals surface area contributed by atoms with Crippen LogP contribution in [0.2, 0.25) is 0 Å². The summed E-state index contributed by atoms with van der Waals surface area (Å²) in [6, 6.07) is 4.19. The minimum atomic E-state index is -0.541. The number of rotatable bonds is 6. The maximum atomic E-state index is 12.2. The number of azide groups is 1. The van der Waals surface area contributed by atoms with E-state index in [2.05, 4.69) is 10.0 Å². The van der Waals surface area contributed by atoms with Crippen LogP contribution < -0.4 is 5.63 Å². The Balaban J connectivity index is 1.86. The molecule has 2 heterocycles. The maximum absolute atomic E-state index is 12.2. The second-order valence-corrected chi connectivity index (χ2v) is 5.44. The molecule has 8 heteroatoms. The molecule has 0 aliphatic carbocycles. The van der Waals surface area contributed by atoms with E-state index in [1.54, 1.807) is 6.07 Å². The highest BCUT2D eigenvalue weighted by Gasteiger charge is 2.16. The van der Waals surface area contributed by atoms with Crippen molar-refractivity contribution in [3.63, 3.8) is 0 Å². The van der Waals surface area contributed by atoms with Crippen LogP contribution in [0.4, 0.5) is 0 Å². The minimum Gasteiger partial charge on any atom is -0.504 e. The Morgan fingerprint density at radius 1 is 1.04 bits per heavy atom. The zero-order valence-corrected chi connectivity index (χ0v) is 12.7. The fourth-order valence-electron chi connectivity index (χ4n) is 2.62. The summed E-state index contributed by atoms with van der Waals surface area (Å²) in [7, 11) is 0. The molecule has 0 saturated heterocycles. The van der Waals surface area contributed by atoms with Gasteiger partial charge < -0.3 is 19.0 Å². The van der Waals surface area contributed by atoms with Gasteiger partial charge in [-0.1, -0.05) is 11.5 Å². The van der Waals surface area contributed by atoms with E-state index in [1.165, 1.54) is 12.1 Å². The minimum absolute atomic E-state index is 0.243. The predicted octanol–water partition coefficient (Wildman–Crippen LogP) is 3.97. The van der Waals surface area contributed by atoms with Crippen molar-refractivity contribution in [2.75, 3.05) is 6.54 Å². The van der Waals surface area contributed by atoms with Crippen molar-refractivity contribution in [2.24, 2.45) is 5.11 Å². The average molecular weight is 329 g/mol. The number of benzene rings is 1. The molecule has 0 aliphatic rings. The van der Waals surface area contributed by atoms with Gasteiger partial charge in [0.1, 0.15) is 22.3 Å². The highest BCUT2D eigenvalue weighted by molar-refractivity contribution is 6.05. The number of nitrogens with zero attached hydrogens (tertiary/aromatic N) is 3. The maximum Gasteiger partial charge on any atom is 0.347 e. The van der Waals surface area contributed by atoms with Crippen LogP contribution in [0.3, 0.4) is 0 Å². The van der Waals surface area contributed by atoms with Crippen LogP contribution in [0.15, 0.2) is 36.9 Å². The molecular formula is C16H15N3O5. The van der Waals surface area contributed by atoms with E-state index in [9.17, 15) is 15.0 Å². The van der Waals surface area contributed by atoms with E-state index in [4.69, 9.17) is 14.4 Å². The fourth-order valence-corrected chi connectivity index (χ4v) is 2.62. The summed E-state index contributed by atoms with van der Waals surface area (Å²) < 4.78 is 10.9. The van der Waals surface area contributed by atoms with Crippen molar-refractivity contribution >= 4 is 21.9 Å². The Bertz CT molecular complexity index is 998. The van der Waals surface area contributed by atoms with Crippen LogP contribution >= 0.6 is 0 Å². The van der Waals surface area contributed by atoms with Crippen LogP contribution in [-0.4, -0.2) is 16.8 Å². The lowest BCUT2D eigenvalue weighted by molar-refractivity contribution is 0.404. The van der Waals surface area contributed by atoms with Crippen molar-refractivity contribution in [2.45, 2.75) is 25.7 Å². The largest absolute Gasteiger partial charge is 0.504 e. The molecule has 0 spiro atoms. The molecule has 24 heavy (non-hydrogen) atoms. The monoisotopic (exact) mass is 329 g/mol. The van der Waals surface area contributed by atoms with Gasteiger partial charge in [0.2, 0.25) is 0 Å². The topological polar surface area (TPSA) is 133 Å². The van der Waals surface area contributed by atoms with Gasteiger partial charge in [-0.3, -0.25) is 0 Å². The van der Waals surface area contributed by atoms with Gasteiger partial charge in [-0.05, 0) is 24.4 Å². The summed E-state index contributed by atoms with van der Waals surface area (Å²) in [5.74, 6) is -0.135. The quantitative estimate of drug-likeness (QED) is 0.232. The van der Waals surface area contributed by atoms with Crippen LogP contribution in [0.1, 0.15) is 25.0 Å². The van der Waals surface area contributed by atoms with E-state index in [1.807, 2.05) is 0 Å². The number of unbranched alkanes of at least 4 members (excludes halogenated alkanes) is 2. The average Bonchev–Trinajstić information content (AvgIpc) is 2.89. The first-order valence-corrected chi connectivity index (χ1v) is 7.52. The number of hydrogen-bond acceptors (Lipinski definition) is 6. The van der Waals surface area contributed by atoms with Crippen LogP contribution in [0, 0.1) is 0 Å². The van der Waals surface area contributed by atoms with Gasteiger partial charge in [0.15, 0.2) is 11.5 Å². The molecule has 0 saturated carbocycles.